The summed E-state index contributed by atoms with van der Waals surface area (Å²) >= 11 is 12.1. The summed E-state index contributed by atoms with van der Waals surface area (Å²) in [7, 11) is 0. The molecular weight excluding hydrogens is 343 g/mol. The average Bonchev–Trinajstić information content (AvgIpc) is 2.59. The summed E-state index contributed by atoms with van der Waals surface area (Å²) in [4.78, 5) is 15.3. The second-order valence-corrected chi connectivity index (χ2v) is 7.07. The number of hydrogen-bond acceptors (Lipinski definition) is 2. The van der Waals surface area contributed by atoms with E-state index in [9.17, 15) is 4.79 Å². The molecule has 2 aromatic rings. The van der Waals surface area contributed by atoms with Gasteiger partial charge in [0, 0.05) is 35.7 Å². The van der Waals surface area contributed by atoms with E-state index in [0.29, 0.717) is 0 Å². The van der Waals surface area contributed by atoms with Gasteiger partial charge in [-0.3, -0.25) is 9.69 Å². The number of carbonyl (C=O) groups is 1. The molecule has 0 N–H and O–H groups in total. The number of amides is 1. The first-order valence-corrected chi connectivity index (χ1v) is 8.80. The lowest BCUT2D eigenvalue weighted by Gasteiger charge is -2.43. The van der Waals surface area contributed by atoms with Crippen LogP contribution >= 0.6 is 23.2 Å². The van der Waals surface area contributed by atoms with Crippen LogP contribution in [-0.4, -0.2) is 41.9 Å². The van der Waals surface area contributed by atoms with Crippen LogP contribution in [0.4, 0.5) is 0 Å². The van der Waals surface area contributed by atoms with Gasteiger partial charge in [0.15, 0.2) is 0 Å². The number of hydrogen-bond donors (Lipinski definition) is 0. The van der Waals surface area contributed by atoms with Crippen LogP contribution in [0, 0.1) is 0 Å². The molecule has 1 aliphatic heterocycles. The number of benzene rings is 2. The first-order valence-electron chi connectivity index (χ1n) is 8.04. The van der Waals surface area contributed by atoms with Crippen molar-refractivity contribution in [1.29, 1.82) is 0 Å². The van der Waals surface area contributed by atoms with E-state index in [2.05, 4.69) is 36.1 Å². The Morgan fingerprint density at radius 3 is 1.88 bits per heavy atom. The Morgan fingerprint density at radius 2 is 1.46 bits per heavy atom. The summed E-state index contributed by atoms with van der Waals surface area (Å²) in [6, 6.07) is 16.3. The maximum Gasteiger partial charge on any atom is 0.209 e. The molecule has 0 aliphatic carbocycles. The summed E-state index contributed by atoms with van der Waals surface area (Å²) in [6.45, 7) is 4.47. The van der Waals surface area contributed by atoms with E-state index in [4.69, 9.17) is 23.2 Å². The third-order valence-electron chi connectivity index (χ3n) is 4.56. The van der Waals surface area contributed by atoms with Crippen molar-refractivity contribution in [2.75, 3.05) is 19.6 Å². The van der Waals surface area contributed by atoms with Crippen molar-refractivity contribution < 1.29 is 4.79 Å². The first kappa shape index (κ1) is 17.3. The Kier molecular flexibility index (Phi) is 5.44. The Hall–Kier alpha value is -1.55. The Bertz CT molecular complexity index is 642. The molecular formula is C19H20Cl2N2O. The molecule has 1 atom stereocenters. The van der Waals surface area contributed by atoms with E-state index in [1.807, 2.05) is 29.2 Å². The summed E-state index contributed by atoms with van der Waals surface area (Å²) in [5, 5.41) is 1.46. The van der Waals surface area contributed by atoms with Gasteiger partial charge in [-0.2, -0.15) is 0 Å². The maximum absolute atomic E-state index is 11.1. The van der Waals surface area contributed by atoms with Gasteiger partial charge < -0.3 is 4.90 Å². The molecule has 1 amide bonds. The summed E-state index contributed by atoms with van der Waals surface area (Å²) in [6.07, 6.45) is 0.938. The first-order chi connectivity index (χ1) is 11.6. The maximum atomic E-state index is 11.1. The van der Waals surface area contributed by atoms with Crippen LogP contribution in [0.5, 0.6) is 0 Å². The summed E-state index contributed by atoms with van der Waals surface area (Å²) < 4.78 is 0. The number of halogens is 2. The minimum atomic E-state index is 0.114. The Balaban J connectivity index is 1.97. The van der Waals surface area contributed by atoms with Gasteiger partial charge in [0.05, 0.1) is 6.04 Å². The van der Waals surface area contributed by atoms with Crippen LogP contribution in [0.2, 0.25) is 10.0 Å². The van der Waals surface area contributed by atoms with Gasteiger partial charge in [-0.15, -0.1) is 0 Å². The van der Waals surface area contributed by atoms with Crippen molar-refractivity contribution in [2.45, 2.75) is 19.0 Å². The fourth-order valence-corrected chi connectivity index (χ4v) is 3.60. The van der Waals surface area contributed by atoms with Crippen molar-refractivity contribution in [2.24, 2.45) is 0 Å². The molecule has 1 saturated heterocycles. The molecule has 0 aromatic heterocycles. The molecule has 2 aromatic carbocycles. The minimum absolute atomic E-state index is 0.114. The second-order valence-electron chi connectivity index (χ2n) is 6.19. The molecule has 0 saturated carbocycles. The lowest BCUT2D eigenvalue weighted by atomic mass is 9.95. The summed E-state index contributed by atoms with van der Waals surface area (Å²) in [5.74, 6) is 0. The highest BCUT2D eigenvalue weighted by atomic mass is 35.5. The van der Waals surface area contributed by atoms with Gasteiger partial charge in [0.1, 0.15) is 0 Å². The number of rotatable bonds is 4. The van der Waals surface area contributed by atoms with Crippen LogP contribution in [0.1, 0.15) is 24.1 Å². The minimum Gasteiger partial charge on any atom is -0.342 e. The monoisotopic (exact) mass is 362 g/mol. The van der Waals surface area contributed by atoms with Crippen molar-refractivity contribution in [1.82, 2.24) is 9.80 Å². The van der Waals surface area contributed by atoms with Crippen molar-refractivity contribution in [3.8, 4) is 0 Å². The topological polar surface area (TPSA) is 23.6 Å². The lowest BCUT2D eigenvalue weighted by molar-refractivity contribution is -0.121. The molecule has 1 heterocycles. The lowest BCUT2D eigenvalue weighted by Crippen LogP contribution is -2.52. The number of carbonyl (C=O) groups excluding carboxylic acids is 1. The number of nitrogens with zero attached hydrogens (tertiary/aromatic N) is 2. The third kappa shape index (κ3) is 3.75. The highest BCUT2D eigenvalue weighted by Gasteiger charge is 2.30. The molecule has 5 heteroatoms. The van der Waals surface area contributed by atoms with Crippen LogP contribution in [-0.2, 0) is 4.79 Å². The van der Waals surface area contributed by atoms with Crippen molar-refractivity contribution in [3.05, 3.63) is 69.7 Å². The molecule has 3 nitrogen and oxygen atoms in total. The van der Waals surface area contributed by atoms with E-state index < -0.39 is 0 Å². The van der Waals surface area contributed by atoms with E-state index >= 15 is 0 Å². The highest BCUT2D eigenvalue weighted by Crippen LogP contribution is 2.33. The normalized spacial score (nSPS) is 18.8. The zero-order valence-corrected chi connectivity index (χ0v) is 15.0. The van der Waals surface area contributed by atoms with Crippen LogP contribution in [0.3, 0.4) is 0 Å². The fraction of sp³-hybridized carbons (Fsp3) is 0.316. The van der Waals surface area contributed by atoms with E-state index in [1.54, 1.807) is 0 Å². The SMILES string of the molecule is CC1CN(C=O)CCN1C(c1ccc(Cl)cc1)c1ccc(Cl)cc1. The zero-order chi connectivity index (χ0) is 17.1. The molecule has 1 aliphatic rings. The molecule has 3 rings (SSSR count). The number of piperazine rings is 1. The van der Waals surface area contributed by atoms with Crippen LogP contribution in [0.25, 0.3) is 0 Å². The Labute approximate surface area is 152 Å². The van der Waals surface area contributed by atoms with E-state index in [1.165, 1.54) is 11.1 Å². The van der Waals surface area contributed by atoms with Gasteiger partial charge in [-0.25, -0.2) is 0 Å². The summed E-state index contributed by atoms with van der Waals surface area (Å²) in [5.41, 5.74) is 2.38. The van der Waals surface area contributed by atoms with Gasteiger partial charge >= 0.3 is 0 Å². The predicted octanol–water partition coefficient (Wildman–Crippen LogP) is 4.25. The molecule has 126 valence electrons. The van der Waals surface area contributed by atoms with Crippen molar-refractivity contribution >= 4 is 29.6 Å². The molecule has 24 heavy (non-hydrogen) atoms. The van der Waals surface area contributed by atoms with Gasteiger partial charge in [-0.1, -0.05) is 47.5 Å². The standard InChI is InChI=1S/C19H20Cl2N2O/c1-14-12-22(13-24)10-11-23(14)19(15-2-6-17(20)7-3-15)16-4-8-18(21)9-5-16/h2-9,13-14,19H,10-12H2,1H3. The smallest absolute Gasteiger partial charge is 0.209 e. The fourth-order valence-electron chi connectivity index (χ4n) is 3.34. The largest absolute Gasteiger partial charge is 0.342 e. The quantitative estimate of drug-likeness (QED) is 0.759. The average molecular weight is 363 g/mol. The Morgan fingerprint density at radius 1 is 0.958 bits per heavy atom. The van der Waals surface area contributed by atoms with E-state index in [-0.39, 0.29) is 12.1 Å². The molecule has 0 radical (unpaired) electrons. The van der Waals surface area contributed by atoms with Gasteiger partial charge in [-0.05, 0) is 42.3 Å². The third-order valence-corrected chi connectivity index (χ3v) is 5.07. The van der Waals surface area contributed by atoms with Crippen LogP contribution < -0.4 is 0 Å². The second kappa shape index (κ2) is 7.56. The van der Waals surface area contributed by atoms with E-state index in [0.717, 1.165) is 36.1 Å². The highest BCUT2D eigenvalue weighted by molar-refractivity contribution is 6.30. The van der Waals surface area contributed by atoms with Crippen molar-refractivity contribution in [3.63, 3.8) is 0 Å². The molecule has 0 spiro atoms. The molecule has 1 fully saturated rings. The molecule has 1 unspecified atom stereocenters. The zero-order valence-electron chi connectivity index (χ0n) is 13.5. The molecule has 0 bridgehead atoms. The van der Waals surface area contributed by atoms with Gasteiger partial charge in [0.2, 0.25) is 6.41 Å². The predicted molar refractivity (Wildman–Crippen MR) is 98.6 cm³/mol. The van der Waals surface area contributed by atoms with Gasteiger partial charge in [0.25, 0.3) is 0 Å². The van der Waals surface area contributed by atoms with Crippen LogP contribution in [0.15, 0.2) is 48.5 Å².